The number of fused-ring (bicyclic) bond motifs is 3. The van der Waals surface area contributed by atoms with Gasteiger partial charge in [0.2, 0.25) is 0 Å². The van der Waals surface area contributed by atoms with Crippen molar-refractivity contribution in [3.05, 3.63) is 64.8 Å². The van der Waals surface area contributed by atoms with Crippen molar-refractivity contribution < 1.29 is 8.42 Å². The third-order valence-electron chi connectivity index (χ3n) is 4.22. The smallest absolute Gasteiger partial charge is 0.264 e. The van der Waals surface area contributed by atoms with Crippen molar-refractivity contribution in [3.63, 3.8) is 0 Å². The Balaban J connectivity index is 1.90. The number of halogens is 1. The van der Waals surface area contributed by atoms with Crippen LogP contribution in [0.1, 0.15) is 11.3 Å². The van der Waals surface area contributed by atoms with Crippen molar-refractivity contribution in [2.75, 3.05) is 4.31 Å². The molecule has 0 aliphatic carbocycles. The van der Waals surface area contributed by atoms with Gasteiger partial charge in [0.1, 0.15) is 0 Å². The van der Waals surface area contributed by atoms with Crippen molar-refractivity contribution in [1.82, 2.24) is 10.2 Å². The lowest BCUT2D eigenvalue weighted by Crippen LogP contribution is -2.33. The number of para-hydroxylation sites is 1. The molecule has 2 heterocycles. The van der Waals surface area contributed by atoms with Gasteiger partial charge in [-0.3, -0.25) is 9.40 Å². The summed E-state index contributed by atoms with van der Waals surface area (Å²) in [4.78, 5) is 0.214. The quantitative estimate of drug-likeness (QED) is 0.757. The van der Waals surface area contributed by atoms with Crippen molar-refractivity contribution in [3.8, 4) is 11.3 Å². The molecule has 0 saturated heterocycles. The molecule has 0 atom stereocenters. The van der Waals surface area contributed by atoms with Gasteiger partial charge in [0.05, 0.1) is 28.5 Å². The summed E-state index contributed by atoms with van der Waals surface area (Å²) in [7, 11) is -3.70. The number of aromatic amines is 1. The fourth-order valence-corrected chi connectivity index (χ4v) is 4.53. The highest BCUT2D eigenvalue weighted by molar-refractivity contribution is 7.92. The largest absolute Gasteiger partial charge is 0.277 e. The molecule has 3 aromatic rings. The van der Waals surface area contributed by atoms with Gasteiger partial charge in [0, 0.05) is 16.1 Å². The monoisotopic (exact) mass is 359 g/mol. The molecular weight excluding hydrogens is 346 g/mol. The van der Waals surface area contributed by atoms with Crippen LogP contribution in [0.25, 0.3) is 11.3 Å². The molecule has 0 spiro atoms. The maximum Gasteiger partial charge on any atom is 0.264 e. The van der Waals surface area contributed by atoms with Crippen molar-refractivity contribution >= 4 is 27.3 Å². The Labute approximate surface area is 144 Å². The molecule has 1 aliphatic rings. The van der Waals surface area contributed by atoms with Gasteiger partial charge in [0.15, 0.2) is 0 Å². The van der Waals surface area contributed by atoms with Crippen molar-refractivity contribution in [2.24, 2.45) is 0 Å². The number of rotatable bonds is 2. The molecule has 24 heavy (non-hydrogen) atoms. The Kier molecular flexibility index (Phi) is 3.40. The molecule has 4 rings (SSSR count). The van der Waals surface area contributed by atoms with Gasteiger partial charge >= 0.3 is 0 Å². The van der Waals surface area contributed by atoms with Gasteiger partial charge in [-0.25, -0.2) is 8.42 Å². The van der Waals surface area contributed by atoms with E-state index in [4.69, 9.17) is 11.6 Å². The van der Waals surface area contributed by atoms with E-state index in [0.717, 1.165) is 22.5 Å². The summed E-state index contributed by atoms with van der Waals surface area (Å²) in [6, 6.07) is 13.6. The van der Waals surface area contributed by atoms with E-state index >= 15 is 0 Å². The zero-order chi connectivity index (χ0) is 16.9. The summed E-state index contributed by atoms with van der Waals surface area (Å²) >= 11 is 5.88. The van der Waals surface area contributed by atoms with Crippen molar-refractivity contribution in [2.45, 2.75) is 18.4 Å². The van der Waals surface area contributed by atoms with Crippen LogP contribution in [0.3, 0.4) is 0 Å². The molecule has 0 amide bonds. The van der Waals surface area contributed by atoms with E-state index in [1.807, 2.05) is 31.2 Å². The van der Waals surface area contributed by atoms with Crippen LogP contribution in [0, 0.1) is 6.92 Å². The van der Waals surface area contributed by atoms with E-state index in [2.05, 4.69) is 10.2 Å². The van der Waals surface area contributed by atoms with Crippen molar-refractivity contribution in [1.29, 1.82) is 0 Å². The third-order valence-corrected chi connectivity index (χ3v) is 6.25. The summed E-state index contributed by atoms with van der Waals surface area (Å²) in [6.45, 7) is 2.12. The number of hydrogen-bond donors (Lipinski definition) is 1. The molecule has 2 aromatic carbocycles. The van der Waals surface area contributed by atoms with Gasteiger partial charge in [-0.1, -0.05) is 29.8 Å². The molecule has 5 nitrogen and oxygen atoms in total. The molecule has 7 heteroatoms. The maximum absolute atomic E-state index is 13.2. The fourth-order valence-electron chi connectivity index (χ4n) is 2.95. The van der Waals surface area contributed by atoms with Crippen LogP contribution in [0.2, 0.25) is 5.02 Å². The summed E-state index contributed by atoms with van der Waals surface area (Å²) in [6.07, 6.45) is 0. The minimum Gasteiger partial charge on any atom is -0.277 e. The van der Waals surface area contributed by atoms with Crippen LogP contribution in [0.4, 0.5) is 5.69 Å². The summed E-state index contributed by atoms with van der Waals surface area (Å²) in [5, 5.41) is 7.75. The Morgan fingerprint density at radius 1 is 1.12 bits per heavy atom. The number of H-pyrrole nitrogens is 1. The zero-order valence-corrected chi connectivity index (χ0v) is 14.4. The van der Waals surface area contributed by atoms with Gasteiger partial charge in [-0.05, 0) is 37.3 Å². The van der Waals surface area contributed by atoms with Gasteiger partial charge in [0.25, 0.3) is 10.0 Å². The van der Waals surface area contributed by atoms with Crippen LogP contribution in [-0.2, 0) is 16.6 Å². The fraction of sp³-hybridized carbons (Fsp3) is 0.118. The molecule has 122 valence electrons. The number of aromatic nitrogens is 2. The summed E-state index contributed by atoms with van der Waals surface area (Å²) in [5.41, 5.74) is 4.05. The molecule has 0 fully saturated rings. The lowest BCUT2D eigenvalue weighted by molar-refractivity contribution is 0.590. The second kappa shape index (κ2) is 5.36. The number of anilines is 1. The Morgan fingerprint density at radius 3 is 2.58 bits per heavy atom. The number of aryl methyl sites for hydroxylation is 1. The van der Waals surface area contributed by atoms with Crippen LogP contribution in [-0.4, -0.2) is 18.6 Å². The van der Waals surface area contributed by atoms with Gasteiger partial charge < -0.3 is 0 Å². The SMILES string of the molecule is Cc1n[nH]c2c1CN(S(=O)(=O)c1ccc(Cl)cc1)c1ccccc1-2. The van der Waals surface area contributed by atoms with Crippen LogP contribution in [0.15, 0.2) is 53.4 Å². The highest BCUT2D eigenvalue weighted by Gasteiger charge is 2.33. The molecule has 1 aromatic heterocycles. The molecule has 0 bridgehead atoms. The highest BCUT2D eigenvalue weighted by Crippen LogP contribution is 2.41. The number of hydrogen-bond acceptors (Lipinski definition) is 3. The molecule has 1 N–H and O–H groups in total. The number of sulfonamides is 1. The topological polar surface area (TPSA) is 66.1 Å². The van der Waals surface area contributed by atoms with E-state index in [1.165, 1.54) is 16.4 Å². The van der Waals surface area contributed by atoms with Gasteiger partial charge in [-0.15, -0.1) is 0 Å². The van der Waals surface area contributed by atoms with Crippen LogP contribution >= 0.6 is 11.6 Å². The number of benzene rings is 2. The predicted molar refractivity (Wildman–Crippen MR) is 93.6 cm³/mol. The predicted octanol–water partition coefficient (Wildman–Crippen LogP) is 3.75. The van der Waals surface area contributed by atoms with E-state index in [-0.39, 0.29) is 11.4 Å². The first kappa shape index (κ1) is 15.2. The second-order valence-electron chi connectivity index (χ2n) is 5.65. The average molecular weight is 360 g/mol. The number of nitrogens with zero attached hydrogens (tertiary/aromatic N) is 2. The first-order valence-electron chi connectivity index (χ1n) is 7.40. The average Bonchev–Trinajstić information content (AvgIpc) is 2.96. The van der Waals surface area contributed by atoms with Crippen LogP contribution in [0.5, 0.6) is 0 Å². The van der Waals surface area contributed by atoms with Gasteiger partial charge in [-0.2, -0.15) is 5.10 Å². The highest BCUT2D eigenvalue weighted by atomic mass is 35.5. The van der Waals surface area contributed by atoms with Crippen LogP contribution < -0.4 is 4.31 Å². The van der Waals surface area contributed by atoms with E-state index in [0.29, 0.717) is 10.7 Å². The second-order valence-corrected chi connectivity index (χ2v) is 7.94. The standard InChI is InChI=1S/C17H14ClN3O2S/c1-11-15-10-21(24(22,23)13-8-6-12(18)7-9-13)16-5-3-2-4-14(16)17(15)20-19-11/h2-9H,10H2,1H3,(H,19,20). The molecule has 0 saturated carbocycles. The Bertz CT molecular complexity index is 1030. The lowest BCUT2D eigenvalue weighted by atomic mass is 10.0. The summed E-state index contributed by atoms with van der Waals surface area (Å²) in [5.74, 6) is 0. The first-order valence-corrected chi connectivity index (χ1v) is 9.22. The van der Waals surface area contributed by atoms with E-state index in [9.17, 15) is 8.42 Å². The molecular formula is C17H14ClN3O2S. The molecule has 0 unspecified atom stereocenters. The zero-order valence-electron chi connectivity index (χ0n) is 12.8. The normalized spacial score (nSPS) is 13.5. The van der Waals surface area contributed by atoms with E-state index in [1.54, 1.807) is 12.1 Å². The third kappa shape index (κ3) is 2.22. The Morgan fingerprint density at radius 2 is 1.83 bits per heavy atom. The molecule has 1 aliphatic heterocycles. The molecule has 0 radical (unpaired) electrons. The maximum atomic E-state index is 13.2. The lowest BCUT2D eigenvalue weighted by Gasteiger charge is -2.30. The summed E-state index contributed by atoms with van der Waals surface area (Å²) < 4.78 is 27.7. The minimum absolute atomic E-state index is 0.214. The first-order chi connectivity index (χ1) is 11.5. The number of nitrogens with one attached hydrogen (secondary N) is 1. The Hall–Kier alpha value is -2.31. The van der Waals surface area contributed by atoms with E-state index < -0.39 is 10.0 Å². The minimum atomic E-state index is -3.70.